The molecule has 44 heavy (non-hydrogen) atoms. The molecule has 0 radical (unpaired) electrons. The second kappa shape index (κ2) is 14.6. The van der Waals surface area contributed by atoms with Crippen molar-refractivity contribution in [1.29, 1.82) is 0 Å². The van der Waals surface area contributed by atoms with Gasteiger partial charge in [-0.3, -0.25) is 9.10 Å². The molecule has 1 aliphatic heterocycles. The fourth-order valence-corrected chi connectivity index (χ4v) is 6.05. The number of hydrogen-bond donors (Lipinski definition) is 1. The van der Waals surface area contributed by atoms with Crippen molar-refractivity contribution in [3.63, 3.8) is 0 Å². The van der Waals surface area contributed by atoms with Crippen LogP contribution < -0.4 is 14.5 Å². The van der Waals surface area contributed by atoms with Crippen LogP contribution in [0.5, 0.6) is 0 Å². The molecule has 1 N–H and O–H groups in total. The number of sulfonamides is 1. The predicted molar refractivity (Wildman–Crippen MR) is 172 cm³/mol. The molecule has 1 heterocycles. The van der Waals surface area contributed by atoms with Crippen LogP contribution in [0.15, 0.2) is 47.4 Å². The first-order chi connectivity index (χ1) is 20.5. The Balaban J connectivity index is 1.77. The fraction of sp³-hybridized carbons (Fsp3) is 0.533. The second-order valence-electron chi connectivity index (χ2n) is 11.6. The van der Waals surface area contributed by atoms with Gasteiger partial charge in [0.15, 0.2) is 9.84 Å². The minimum absolute atomic E-state index is 0.101. The van der Waals surface area contributed by atoms with Gasteiger partial charge in [0, 0.05) is 51.2 Å². The Kier molecular flexibility index (Phi) is 11.7. The van der Waals surface area contributed by atoms with E-state index in [1.165, 1.54) is 31.3 Å². The van der Waals surface area contributed by atoms with E-state index in [4.69, 9.17) is 9.47 Å². The highest BCUT2D eigenvalue weighted by Gasteiger charge is 2.27. The van der Waals surface area contributed by atoms with Gasteiger partial charge in [-0.2, -0.15) is 0 Å². The van der Waals surface area contributed by atoms with Crippen LogP contribution in [-0.2, 0) is 29.3 Å². The van der Waals surface area contributed by atoms with Crippen molar-refractivity contribution >= 4 is 48.9 Å². The zero-order valence-electron chi connectivity index (χ0n) is 26.3. The standard InChI is InChI=1S/C30H44N4O8S2/c1-7-8-19-41-20-21-44(39,40)25-12-9-23(10-13-25)31-28(35)26-22-24(11-14-27(26)32(5)43(6,37)38)33-15-17-34(18-16-33)29(36)42-30(2,3)4/h9-14,22H,7-8,15-21H2,1-6H3,(H,31,35). The van der Waals surface area contributed by atoms with E-state index in [0.29, 0.717) is 44.2 Å². The average Bonchev–Trinajstić information content (AvgIpc) is 2.95. The van der Waals surface area contributed by atoms with E-state index in [1.54, 1.807) is 23.1 Å². The Morgan fingerprint density at radius 3 is 2.16 bits per heavy atom. The number of benzene rings is 2. The molecule has 0 saturated carbocycles. The van der Waals surface area contributed by atoms with Crippen molar-refractivity contribution < 1.29 is 35.9 Å². The number of carbonyl (C=O) groups excluding carboxylic acids is 2. The lowest BCUT2D eigenvalue weighted by Gasteiger charge is -2.37. The summed E-state index contributed by atoms with van der Waals surface area (Å²) in [6, 6.07) is 10.7. The predicted octanol–water partition coefficient (Wildman–Crippen LogP) is 3.98. The molecule has 0 aromatic heterocycles. The molecule has 1 fully saturated rings. The third kappa shape index (κ3) is 9.83. The Bertz CT molecular complexity index is 1510. The molecule has 14 heteroatoms. The molecule has 1 aliphatic rings. The van der Waals surface area contributed by atoms with E-state index >= 15 is 0 Å². The minimum atomic E-state index is -3.68. The van der Waals surface area contributed by atoms with Gasteiger partial charge in [-0.15, -0.1) is 0 Å². The number of nitrogens with one attached hydrogen (secondary N) is 1. The molecule has 2 aromatic rings. The molecule has 12 nitrogen and oxygen atoms in total. The van der Waals surface area contributed by atoms with Gasteiger partial charge in [-0.1, -0.05) is 13.3 Å². The molecule has 0 unspecified atom stereocenters. The Morgan fingerprint density at radius 2 is 1.59 bits per heavy atom. The van der Waals surface area contributed by atoms with Gasteiger partial charge < -0.3 is 24.6 Å². The molecule has 0 atom stereocenters. The summed E-state index contributed by atoms with van der Waals surface area (Å²) in [7, 11) is -5.88. The topological polar surface area (TPSA) is 143 Å². The van der Waals surface area contributed by atoms with E-state index in [0.717, 1.165) is 23.4 Å². The zero-order valence-corrected chi connectivity index (χ0v) is 28.0. The molecule has 0 spiro atoms. The number of rotatable bonds is 12. The molecule has 244 valence electrons. The van der Waals surface area contributed by atoms with Crippen LogP contribution in [0.25, 0.3) is 0 Å². The second-order valence-corrected chi connectivity index (χ2v) is 15.8. The molecule has 0 aliphatic carbocycles. The van der Waals surface area contributed by atoms with Gasteiger partial charge in [0.1, 0.15) is 5.60 Å². The zero-order chi connectivity index (χ0) is 32.7. The van der Waals surface area contributed by atoms with E-state index in [1.807, 2.05) is 32.6 Å². The average molecular weight is 653 g/mol. The van der Waals surface area contributed by atoms with Crippen molar-refractivity contribution in [2.24, 2.45) is 0 Å². The SMILES string of the molecule is CCCCOCCS(=O)(=O)c1ccc(NC(=O)c2cc(N3CCN(C(=O)OC(C)(C)C)CC3)ccc2N(C)S(C)(=O)=O)cc1. The van der Waals surface area contributed by atoms with E-state index < -0.39 is 31.4 Å². The summed E-state index contributed by atoms with van der Waals surface area (Å²) in [6.45, 7) is 9.88. The van der Waals surface area contributed by atoms with Crippen molar-refractivity contribution in [2.75, 3.05) is 73.0 Å². The maximum atomic E-state index is 13.5. The first-order valence-electron chi connectivity index (χ1n) is 14.5. The lowest BCUT2D eigenvalue weighted by atomic mass is 10.1. The van der Waals surface area contributed by atoms with Gasteiger partial charge in [0.05, 0.1) is 34.8 Å². The number of nitrogens with zero attached hydrogens (tertiary/aromatic N) is 3. The summed E-state index contributed by atoms with van der Waals surface area (Å²) in [5.41, 5.74) is 0.731. The number of hydrogen-bond acceptors (Lipinski definition) is 9. The Hall–Kier alpha value is -3.36. The molecule has 1 saturated heterocycles. The minimum Gasteiger partial charge on any atom is -0.444 e. The summed E-state index contributed by atoms with van der Waals surface area (Å²) < 4.78 is 62.0. The van der Waals surface area contributed by atoms with Crippen LogP contribution >= 0.6 is 0 Å². The Labute approximate surface area is 261 Å². The van der Waals surface area contributed by atoms with Crippen molar-refractivity contribution in [3.8, 4) is 0 Å². The first kappa shape index (κ1) is 35.1. The van der Waals surface area contributed by atoms with E-state index in [2.05, 4.69) is 5.32 Å². The van der Waals surface area contributed by atoms with Crippen molar-refractivity contribution in [1.82, 2.24) is 4.90 Å². The highest BCUT2D eigenvalue weighted by molar-refractivity contribution is 7.92. The van der Waals surface area contributed by atoms with E-state index in [9.17, 15) is 26.4 Å². The maximum Gasteiger partial charge on any atom is 0.410 e. The van der Waals surface area contributed by atoms with Crippen LogP contribution in [0.3, 0.4) is 0 Å². The van der Waals surface area contributed by atoms with Crippen molar-refractivity contribution in [2.45, 2.75) is 51.0 Å². The highest BCUT2D eigenvalue weighted by atomic mass is 32.2. The molecule has 2 aromatic carbocycles. The van der Waals surface area contributed by atoms with Crippen molar-refractivity contribution in [3.05, 3.63) is 48.0 Å². The lowest BCUT2D eigenvalue weighted by Crippen LogP contribution is -2.50. The molecule has 3 rings (SSSR count). The van der Waals surface area contributed by atoms with Gasteiger partial charge >= 0.3 is 6.09 Å². The summed E-state index contributed by atoms with van der Waals surface area (Å²) in [5, 5.41) is 2.76. The van der Waals surface area contributed by atoms with Gasteiger partial charge in [-0.05, 0) is 69.7 Å². The first-order valence-corrected chi connectivity index (χ1v) is 18.0. The quantitative estimate of drug-likeness (QED) is 0.337. The van der Waals surface area contributed by atoms with Crippen LogP contribution in [0, 0.1) is 0 Å². The third-order valence-electron chi connectivity index (χ3n) is 6.97. The summed E-state index contributed by atoms with van der Waals surface area (Å²) in [5.74, 6) is -0.715. The van der Waals surface area contributed by atoms with Crippen LogP contribution in [-0.4, -0.2) is 97.8 Å². The fourth-order valence-electron chi connectivity index (χ4n) is 4.41. The molecule has 2 amide bonds. The summed E-state index contributed by atoms with van der Waals surface area (Å²) >= 11 is 0. The number of sulfone groups is 1. The van der Waals surface area contributed by atoms with E-state index in [-0.39, 0.29) is 34.6 Å². The molecular formula is C30H44N4O8S2. The normalized spacial score (nSPS) is 14.3. The van der Waals surface area contributed by atoms with Gasteiger partial charge in [0.2, 0.25) is 10.0 Å². The van der Waals surface area contributed by atoms with Gasteiger partial charge in [0.25, 0.3) is 5.91 Å². The Morgan fingerprint density at radius 1 is 0.955 bits per heavy atom. The number of carbonyl (C=O) groups is 2. The van der Waals surface area contributed by atoms with Gasteiger partial charge in [-0.25, -0.2) is 21.6 Å². The highest BCUT2D eigenvalue weighted by Crippen LogP contribution is 2.29. The molecular weight excluding hydrogens is 608 g/mol. The smallest absolute Gasteiger partial charge is 0.410 e. The van der Waals surface area contributed by atoms with Crippen LogP contribution in [0.2, 0.25) is 0 Å². The van der Waals surface area contributed by atoms with Crippen LogP contribution in [0.1, 0.15) is 50.9 Å². The van der Waals surface area contributed by atoms with Crippen LogP contribution in [0.4, 0.5) is 21.9 Å². The summed E-state index contributed by atoms with van der Waals surface area (Å²) in [6.07, 6.45) is 2.49. The third-order valence-corrected chi connectivity index (χ3v) is 9.85. The summed E-state index contributed by atoms with van der Waals surface area (Å²) in [4.78, 5) is 29.8. The largest absolute Gasteiger partial charge is 0.444 e. The number of amides is 2. The maximum absolute atomic E-state index is 13.5. The molecule has 0 bridgehead atoms. The number of ether oxygens (including phenoxy) is 2. The number of anilines is 3. The number of unbranched alkanes of at least 4 members (excludes halogenated alkanes) is 1. The lowest BCUT2D eigenvalue weighted by molar-refractivity contribution is 0.0240. The number of piperazine rings is 1. The monoisotopic (exact) mass is 652 g/mol.